The lowest BCUT2D eigenvalue weighted by Gasteiger charge is -2.11. The highest BCUT2D eigenvalue weighted by Gasteiger charge is 2.15. The third-order valence-electron chi connectivity index (χ3n) is 2.66. The molecule has 3 nitrogen and oxygen atoms in total. The van der Waals surface area contributed by atoms with Crippen LogP contribution in [-0.2, 0) is 0 Å². The number of carbonyl (C=O) groups excluding carboxylic acids is 1. The van der Waals surface area contributed by atoms with Gasteiger partial charge in [-0.3, -0.25) is 4.79 Å². The van der Waals surface area contributed by atoms with Crippen molar-refractivity contribution in [3.05, 3.63) is 57.7 Å². The average molecular weight is 326 g/mol. The van der Waals surface area contributed by atoms with Gasteiger partial charge in [0, 0.05) is 10.0 Å². The summed E-state index contributed by atoms with van der Waals surface area (Å²) in [6.07, 6.45) is 0. The zero-order chi connectivity index (χ0) is 14.0. The van der Waals surface area contributed by atoms with Crippen molar-refractivity contribution < 1.29 is 13.6 Å². The minimum Gasteiger partial charge on any atom is -0.464 e. The van der Waals surface area contributed by atoms with Gasteiger partial charge in [0.25, 0.3) is 5.91 Å². The number of rotatable bonds is 3. The number of carbonyl (C=O) groups is 1. The van der Waals surface area contributed by atoms with Crippen molar-refractivity contribution >= 4 is 21.8 Å². The lowest BCUT2D eigenvalue weighted by Crippen LogP contribution is -2.26. The summed E-state index contributed by atoms with van der Waals surface area (Å²) in [5, 5.41) is 2.76. The normalized spacial score (nSPS) is 12.2. The zero-order valence-electron chi connectivity index (χ0n) is 10.5. The predicted octanol–water partition coefficient (Wildman–Crippen LogP) is 3.98. The minimum absolute atomic E-state index is 0.266. The molecule has 19 heavy (non-hydrogen) atoms. The lowest BCUT2D eigenvalue weighted by molar-refractivity contribution is 0.0934. The Kier molecular flexibility index (Phi) is 4.04. The number of aryl methyl sites for hydroxylation is 1. The summed E-state index contributed by atoms with van der Waals surface area (Å²) in [6.45, 7) is 3.65. The maximum atomic E-state index is 13.2. The second-order valence-corrected chi connectivity index (χ2v) is 5.22. The Hall–Kier alpha value is -1.62. The largest absolute Gasteiger partial charge is 0.464 e. The Morgan fingerprint density at radius 3 is 2.68 bits per heavy atom. The first kappa shape index (κ1) is 13.8. The molecular formula is C14H13BrFNO2. The van der Waals surface area contributed by atoms with Gasteiger partial charge in [-0.2, -0.15) is 0 Å². The maximum absolute atomic E-state index is 13.2. The van der Waals surface area contributed by atoms with Gasteiger partial charge >= 0.3 is 0 Å². The maximum Gasteiger partial charge on any atom is 0.252 e. The Morgan fingerprint density at radius 1 is 1.37 bits per heavy atom. The van der Waals surface area contributed by atoms with Crippen molar-refractivity contribution in [3.8, 4) is 0 Å². The van der Waals surface area contributed by atoms with Gasteiger partial charge in [-0.25, -0.2) is 4.39 Å². The molecule has 1 N–H and O–H groups in total. The monoisotopic (exact) mass is 325 g/mol. The Bertz CT molecular complexity index is 589. The number of nitrogens with one attached hydrogen (secondary N) is 1. The van der Waals surface area contributed by atoms with Gasteiger partial charge in [0.2, 0.25) is 0 Å². The highest BCUT2D eigenvalue weighted by atomic mass is 79.9. The third-order valence-corrected chi connectivity index (χ3v) is 3.12. The molecule has 1 aromatic heterocycles. The number of furan rings is 1. The second kappa shape index (κ2) is 5.57. The average Bonchev–Trinajstić information content (AvgIpc) is 2.74. The first-order valence-corrected chi connectivity index (χ1v) is 6.58. The van der Waals surface area contributed by atoms with Crippen molar-refractivity contribution in [1.29, 1.82) is 0 Å². The molecule has 1 amide bonds. The second-order valence-electron chi connectivity index (χ2n) is 4.30. The number of amides is 1. The molecule has 1 heterocycles. The van der Waals surface area contributed by atoms with Gasteiger partial charge in [0.05, 0.1) is 6.04 Å². The smallest absolute Gasteiger partial charge is 0.252 e. The third kappa shape index (κ3) is 3.44. The van der Waals surface area contributed by atoms with Crippen LogP contribution in [0.15, 0.2) is 39.2 Å². The van der Waals surface area contributed by atoms with Crippen LogP contribution in [0.25, 0.3) is 0 Å². The van der Waals surface area contributed by atoms with Crippen molar-refractivity contribution in [2.24, 2.45) is 0 Å². The molecule has 0 unspecified atom stereocenters. The molecule has 1 atom stereocenters. The number of benzene rings is 1. The van der Waals surface area contributed by atoms with Gasteiger partial charge < -0.3 is 9.73 Å². The number of hydrogen-bond donors (Lipinski definition) is 1. The molecule has 2 rings (SSSR count). The van der Waals surface area contributed by atoms with Crippen LogP contribution >= 0.6 is 15.9 Å². The van der Waals surface area contributed by atoms with E-state index in [9.17, 15) is 9.18 Å². The standard InChI is InChI=1S/C14H13BrFNO2/c1-8-3-4-13(19-8)9(2)17-14(18)10-5-11(15)7-12(16)6-10/h3-7,9H,1-2H3,(H,17,18)/t9-/m0/s1. The van der Waals surface area contributed by atoms with Crippen LogP contribution in [0.4, 0.5) is 4.39 Å². The van der Waals surface area contributed by atoms with Gasteiger partial charge in [0.15, 0.2) is 0 Å². The van der Waals surface area contributed by atoms with Gasteiger partial charge in [-0.05, 0) is 44.2 Å². The van der Waals surface area contributed by atoms with Crippen molar-refractivity contribution in [1.82, 2.24) is 5.32 Å². The summed E-state index contributed by atoms with van der Waals surface area (Å²) in [6, 6.07) is 7.43. The molecule has 0 saturated heterocycles. The number of hydrogen-bond acceptors (Lipinski definition) is 2. The number of halogens is 2. The Labute approximate surface area is 118 Å². The predicted molar refractivity (Wildman–Crippen MR) is 73.4 cm³/mol. The quantitative estimate of drug-likeness (QED) is 0.927. The molecule has 2 aromatic rings. The molecule has 0 radical (unpaired) electrons. The van der Waals surface area contributed by atoms with E-state index in [0.29, 0.717) is 10.2 Å². The van der Waals surface area contributed by atoms with E-state index in [4.69, 9.17) is 4.42 Å². The molecule has 0 aliphatic rings. The van der Waals surface area contributed by atoms with Crippen LogP contribution in [0.5, 0.6) is 0 Å². The molecule has 0 bridgehead atoms. The van der Waals surface area contributed by atoms with Crippen molar-refractivity contribution in [2.45, 2.75) is 19.9 Å². The van der Waals surface area contributed by atoms with E-state index in [2.05, 4.69) is 21.2 Å². The Balaban J connectivity index is 2.12. The summed E-state index contributed by atoms with van der Waals surface area (Å²) >= 11 is 3.16. The zero-order valence-corrected chi connectivity index (χ0v) is 12.1. The van der Waals surface area contributed by atoms with E-state index in [1.165, 1.54) is 12.1 Å². The summed E-state index contributed by atoms with van der Waals surface area (Å²) in [5.41, 5.74) is 0.266. The van der Waals surface area contributed by atoms with Crippen LogP contribution in [-0.4, -0.2) is 5.91 Å². The van der Waals surface area contributed by atoms with Gasteiger partial charge in [0.1, 0.15) is 17.3 Å². The molecule has 0 fully saturated rings. The first-order valence-electron chi connectivity index (χ1n) is 5.79. The van der Waals surface area contributed by atoms with Gasteiger partial charge in [-0.1, -0.05) is 15.9 Å². The highest BCUT2D eigenvalue weighted by molar-refractivity contribution is 9.10. The Morgan fingerprint density at radius 2 is 2.11 bits per heavy atom. The fourth-order valence-electron chi connectivity index (χ4n) is 1.72. The molecular weight excluding hydrogens is 313 g/mol. The van der Waals surface area contributed by atoms with Crippen LogP contribution in [0.3, 0.4) is 0 Å². The summed E-state index contributed by atoms with van der Waals surface area (Å²) in [5.74, 6) is 0.647. The van der Waals surface area contributed by atoms with E-state index in [1.54, 1.807) is 6.07 Å². The fraction of sp³-hybridized carbons (Fsp3) is 0.214. The van der Waals surface area contributed by atoms with E-state index in [-0.39, 0.29) is 17.5 Å². The lowest BCUT2D eigenvalue weighted by atomic mass is 10.2. The SMILES string of the molecule is Cc1ccc([C@H](C)NC(=O)c2cc(F)cc(Br)c2)o1. The van der Waals surface area contributed by atoms with Crippen molar-refractivity contribution in [2.75, 3.05) is 0 Å². The molecule has 0 spiro atoms. The van der Waals surface area contributed by atoms with Crippen LogP contribution in [0.1, 0.15) is 34.8 Å². The fourth-order valence-corrected chi connectivity index (χ4v) is 2.19. The van der Waals surface area contributed by atoms with Crippen LogP contribution < -0.4 is 5.32 Å². The van der Waals surface area contributed by atoms with E-state index in [0.717, 1.165) is 5.76 Å². The molecule has 100 valence electrons. The van der Waals surface area contributed by atoms with Crippen LogP contribution in [0, 0.1) is 12.7 Å². The summed E-state index contributed by atoms with van der Waals surface area (Å²) in [7, 11) is 0. The van der Waals surface area contributed by atoms with E-state index >= 15 is 0 Å². The highest BCUT2D eigenvalue weighted by Crippen LogP contribution is 2.18. The molecule has 5 heteroatoms. The van der Waals surface area contributed by atoms with Crippen molar-refractivity contribution in [3.63, 3.8) is 0 Å². The van der Waals surface area contributed by atoms with E-state index < -0.39 is 5.82 Å². The summed E-state index contributed by atoms with van der Waals surface area (Å²) < 4.78 is 19.2. The molecule has 1 aromatic carbocycles. The summed E-state index contributed by atoms with van der Waals surface area (Å²) in [4.78, 5) is 12.0. The first-order chi connectivity index (χ1) is 8.95. The molecule has 0 aliphatic carbocycles. The molecule has 0 aliphatic heterocycles. The molecule has 0 saturated carbocycles. The topological polar surface area (TPSA) is 42.2 Å². The minimum atomic E-state index is -0.457. The van der Waals surface area contributed by atoms with E-state index in [1.807, 2.05) is 26.0 Å². The van der Waals surface area contributed by atoms with Crippen LogP contribution in [0.2, 0.25) is 0 Å². The van der Waals surface area contributed by atoms with Gasteiger partial charge in [-0.15, -0.1) is 0 Å².